The van der Waals surface area contributed by atoms with Gasteiger partial charge in [-0.2, -0.15) is 4.98 Å². The van der Waals surface area contributed by atoms with Gasteiger partial charge in [0.15, 0.2) is 0 Å². The molecule has 1 saturated heterocycles. The molecule has 2 aromatic rings. The summed E-state index contributed by atoms with van der Waals surface area (Å²) in [5.74, 6) is 1.85. The van der Waals surface area contributed by atoms with Gasteiger partial charge >= 0.3 is 0 Å². The number of nitrogens with zero attached hydrogens (tertiary/aromatic N) is 3. The molecule has 0 spiro atoms. The van der Waals surface area contributed by atoms with Crippen LogP contribution in [-0.2, 0) is 11.2 Å². The SMILES string of the molecule is CCOc1ccc(-c2noc(CCC(=O)NCCCN3CCCCC3)n2)cc1. The lowest BCUT2D eigenvalue weighted by Gasteiger charge is -2.26. The van der Waals surface area contributed by atoms with E-state index in [0.717, 1.165) is 30.8 Å². The normalized spacial score (nSPS) is 14.8. The third-order valence-electron chi connectivity index (χ3n) is 4.88. The maximum Gasteiger partial charge on any atom is 0.227 e. The number of amides is 1. The molecule has 0 radical (unpaired) electrons. The van der Waals surface area contributed by atoms with Gasteiger partial charge in [0, 0.05) is 24.9 Å². The van der Waals surface area contributed by atoms with Gasteiger partial charge in [0.2, 0.25) is 17.6 Å². The molecule has 1 amide bonds. The smallest absolute Gasteiger partial charge is 0.227 e. The fraction of sp³-hybridized carbons (Fsp3) is 0.571. The Morgan fingerprint density at radius 2 is 2.00 bits per heavy atom. The first-order valence-electron chi connectivity index (χ1n) is 10.3. The average Bonchev–Trinajstić information content (AvgIpc) is 3.20. The van der Waals surface area contributed by atoms with Crippen molar-refractivity contribution < 1.29 is 14.1 Å². The Bertz CT molecular complexity index is 724. The highest BCUT2D eigenvalue weighted by atomic mass is 16.5. The van der Waals surface area contributed by atoms with Crippen LogP contribution in [-0.4, -0.2) is 53.7 Å². The predicted molar refractivity (Wildman–Crippen MR) is 107 cm³/mol. The molecule has 1 aromatic heterocycles. The van der Waals surface area contributed by atoms with Crippen molar-refractivity contribution in [3.05, 3.63) is 30.2 Å². The van der Waals surface area contributed by atoms with Crippen molar-refractivity contribution in [1.82, 2.24) is 20.4 Å². The molecule has 7 nitrogen and oxygen atoms in total. The summed E-state index contributed by atoms with van der Waals surface area (Å²) in [6.45, 7) is 6.76. The van der Waals surface area contributed by atoms with E-state index < -0.39 is 0 Å². The van der Waals surface area contributed by atoms with Gasteiger partial charge in [-0.05, 0) is 70.1 Å². The molecule has 28 heavy (non-hydrogen) atoms. The topological polar surface area (TPSA) is 80.5 Å². The Morgan fingerprint density at radius 1 is 1.21 bits per heavy atom. The molecular formula is C21H30N4O3. The quantitative estimate of drug-likeness (QED) is 0.632. The largest absolute Gasteiger partial charge is 0.494 e. The first-order valence-corrected chi connectivity index (χ1v) is 10.3. The molecular weight excluding hydrogens is 356 g/mol. The molecule has 1 aromatic carbocycles. The van der Waals surface area contributed by atoms with Gasteiger partial charge in [0.25, 0.3) is 0 Å². The van der Waals surface area contributed by atoms with Crippen molar-refractivity contribution in [3.63, 3.8) is 0 Å². The Kier molecular flexibility index (Phi) is 7.84. The first-order chi connectivity index (χ1) is 13.7. The second kappa shape index (κ2) is 10.8. The van der Waals surface area contributed by atoms with Crippen LogP contribution in [0, 0.1) is 0 Å². The number of carbonyl (C=O) groups is 1. The highest BCUT2D eigenvalue weighted by Crippen LogP contribution is 2.20. The predicted octanol–water partition coefficient (Wildman–Crippen LogP) is 3.06. The van der Waals surface area contributed by atoms with Crippen LogP contribution in [0.2, 0.25) is 0 Å². The molecule has 1 aliphatic rings. The van der Waals surface area contributed by atoms with Crippen LogP contribution in [0.5, 0.6) is 5.75 Å². The third kappa shape index (κ3) is 6.34. The number of aryl methyl sites for hydroxylation is 1. The summed E-state index contributed by atoms with van der Waals surface area (Å²) in [7, 11) is 0. The molecule has 1 fully saturated rings. The lowest BCUT2D eigenvalue weighted by molar-refractivity contribution is -0.121. The maximum atomic E-state index is 12.0. The van der Waals surface area contributed by atoms with Crippen molar-refractivity contribution in [2.75, 3.05) is 32.8 Å². The zero-order valence-corrected chi connectivity index (χ0v) is 16.7. The van der Waals surface area contributed by atoms with E-state index in [-0.39, 0.29) is 5.91 Å². The third-order valence-corrected chi connectivity index (χ3v) is 4.88. The van der Waals surface area contributed by atoms with Crippen LogP contribution in [0.3, 0.4) is 0 Å². The van der Waals surface area contributed by atoms with E-state index in [4.69, 9.17) is 9.26 Å². The van der Waals surface area contributed by atoms with E-state index in [2.05, 4.69) is 20.4 Å². The number of benzene rings is 1. The highest BCUT2D eigenvalue weighted by Gasteiger charge is 2.12. The van der Waals surface area contributed by atoms with Crippen LogP contribution >= 0.6 is 0 Å². The van der Waals surface area contributed by atoms with Crippen LogP contribution in [0.25, 0.3) is 11.4 Å². The zero-order chi connectivity index (χ0) is 19.6. The van der Waals surface area contributed by atoms with Gasteiger partial charge in [-0.1, -0.05) is 11.6 Å². The van der Waals surface area contributed by atoms with E-state index in [1.807, 2.05) is 31.2 Å². The fourth-order valence-electron chi connectivity index (χ4n) is 3.36. The van der Waals surface area contributed by atoms with E-state index >= 15 is 0 Å². The second-order valence-electron chi connectivity index (χ2n) is 7.07. The number of ether oxygens (including phenoxy) is 1. The fourth-order valence-corrected chi connectivity index (χ4v) is 3.36. The number of aromatic nitrogens is 2. The Labute approximate surface area is 166 Å². The van der Waals surface area contributed by atoms with Crippen molar-refractivity contribution in [2.45, 2.75) is 45.4 Å². The minimum absolute atomic E-state index is 0.0273. The molecule has 0 bridgehead atoms. The van der Waals surface area contributed by atoms with Gasteiger partial charge in [0.1, 0.15) is 5.75 Å². The number of piperidine rings is 1. The van der Waals surface area contributed by atoms with Crippen LogP contribution in [0.1, 0.15) is 44.9 Å². The summed E-state index contributed by atoms with van der Waals surface area (Å²) in [5, 5.41) is 6.98. The number of hydrogen-bond acceptors (Lipinski definition) is 6. The van der Waals surface area contributed by atoms with E-state index in [1.54, 1.807) is 0 Å². The zero-order valence-electron chi connectivity index (χ0n) is 16.7. The first kappa shape index (κ1) is 20.3. The molecule has 1 aliphatic heterocycles. The summed E-state index contributed by atoms with van der Waals surface area (Å²) < 4.78 is 10.7. The number of hydrogen-bond donors (Lipinski definition) is 1. The molecule has 3 rings (SSSR count). The summed E-state index contributed by atoms with van der Waals surface area (Å²) in [6.07, 6.45) is 5.75. The standard InChI is InChI=1S/C21H30N4O3/c1-2-27-18-9-7-17(8-10-18)21-23-20(28-24-21)12-11-19(26)22-13-6-16-25-14-4-3-5-15-25/h7-10H,2-6,11-16H2,1H3,(H,22,26). The molecule has 0 unspecified atom stereocenters. The number of rotatable bonds is 10. The Morgan fingerprint density at radius 3 is 2.75 bits per heavy atom. The summed E-state index contributed by atoms with van der Waals surface area (Å²) in [5.41, 5.74) is 0.862. The van der Waals surface area contributed by atoms with Crippen molar-refractivity contribution in [3.8, 4) is 17.1 Å². The summed E-state index contributed by atoms with van der Waals surface area (Å²) in [4.78, 5) is 18.9. The summed E-state index contributed by atoms with van der Waals surface area (Å²) in [6, 6.07) is 7.56. The molecule has 2 heterocycles. The number of carbonyl (C=O) groups excluding carboxylic acids is 1. The molecule has 0 atom stereocenters. The minimum Gasteiger partial charge on any atom is -0.494 e. The monoisotopic (exact) mass is 386 g/mol. The van der Waals surface area contributed by atoms with Gasteiger partial charge in [-0.15, -0.1) is 0 Å². The number of likely N-dealkylation sites (tertiary alicyclic amines) is 1. The van der Waals surface area contributed by atoms with E-state index in [1.165, 1.54) is 32.4 Å². The lowest BCUT2D eigenvalue weighted by Crippen LogP contribution is -2.33. The molecule has 1 N–H and O–H groups in total. The van der Waals surface area contributed by atoms with Gasteiger partial charge in [-0.3, -0.25) is 4.79 Å². The van der Waals surface area contributed by atoms with Crippen molar-refractivity contribution >= 4 is 5.91 Å². The maximum absolute atomic E-state index is 12.0. The second-order valence-corrected chi connectivity index (χ2v) is 7.07. The average molecular weight is 386 g/mol. The van der Waals surface area contributed by atoms with Crippen LogP contribution in [0.4, 0.5) is 0 Å². The molecule has 7 heteroatoms. The molecule has 152 valence electrons. The Hall–Kier alpha value is -2.41. The molecule has 0 saturated carbocycles. The highest BCUT2D eigenvalue weighted by molar-refractivity contribution is 5.76. The van der Waals surface area contributed by atoms with E-state index in [0.29, 0.717) is 31.2 Å². The van der Waals surface area contributed by atoms with Gasteiger partial charge < -0.3 is 19.5 Å². The number of nitrogens with one attached hydrogen (secondary N) is 1. The Balaban J connectivity index is 1.36. The van der Waals surface area contributed by atoms with Gasteiger partial charge in [-0.25, -0.2) is 0 Å². The van der Waals surface area contributed by atoms with Crippen LogP contribution in [0.15, 0.2) is 28.8 Å². The minimum atomic E-state index is 0.0273. The van der Waals surface area contributed by atoms with Crippen molar-refractivity contribution in [1.29, 1.82) is 0 Å². The van der Waals surface area contributed by atoms with E-state index in [9.17, 15) is 4.79 Å². The van der Waals surface area contributed by atoms with Crippen LogP contribution < -0.4 is 10.1 Å². The van der Waals surface area contributed by atoms with Crippen molar-refractivity contribution in [2.24, 2.45) is 0 Å². The molecule has 0 aliphatic carbocycles. The lowest BCUT2D eigenvalue weighted by atomic mass is 10.1. The van der Waals surface area contributed by atoms with Gasteiger partial charge in [0.05, 0.1) is 6.61 Å². The summed E-state index contributed by atoms with van der Waals surface area (Å²) >= 11 is 0.